The van der Waals surface area contributed by atoms with Gasteiger partial charge in [-0.2, -0.15) is 23.5 Å². The fourth-order valence-corrected chi connectivity index (χ4v) is 3.57. The van der Waals surface area contributed by atoms with Crippen molar-refractivity contribution in [1.82, 2.24) is 30.1 Å². The molecule has 2 aromatic heterocycles. The van der Waals surface area contributed by atoms with Crippen molar-refractivity contribution in [2.45, 2.75) is 26.6 Å². The lowest BCUT2D eigenvalue weighted by Gasteiger charge is -2.15. The van der Waals surface area contributed by atoms with Gasteiger partial charge in [-0.3, -0.25) is 9.59 Å². The Kier molecular flexibility index (Phi) is 8.67. The molecule has 2 N–H and O–H groups in total. The summed E-state index contributed by atoms with van der Waals surface area (Å²) in [6.45, 7) is 6.49. The van der Waals surface area contributed by atoms with Crippen LogP contribution >= 0.6 is 11.6 Å². The van der Waals surface area contributed by atoms with Crippen LogP contribution in [0.3, 0.4) is 0 Å². The summed E-state index contributed by atoms with van der Waals surface area (Å²) in [5, 5.41) is 25.4. The second-order valence-electron chi connectivity index (χ2n) is 7.86. The van der Waals surface area contributed by atoms with Crippen molar-refractivity contribution in [1.29, 1.82) is 5.26 Å². The van der Waals surface area contributed by atoms with Crippen LogP contribution in [-0.2, 0) is 12.7 Å². The number of nitriles is 1. The largest absolute Gasteiger partial charge is 0.436 e. The van der Waals surface area contributed by atoms with Crippen LogP contribution in [0.15, 0.2) is 53.3 Å². The molecule has 0 spiro atoms. The summed E-state index contributed by atoms with van der Waals surface area (Å²) in [6, 6.07) is 6.09. The summed E-state index contributed by atoms with van der Waals surface area (Å²) in [7, 11) is 1.40. The molecule has 202 valence electrons. The Bertz CT molecular complexity index is 1540. The minimum Gasteiger partial charge on any atom is -0.355 e. The molecule has 0 fully saturated rings. The average molecular weight is 560 g/mol. The highest BCUT2D eigenvalue weighted by Crippen LogP contribution is 2.27. The first-order valence-corrected chi connectivity index (χ1v) is 11.5. The van der Waals surface area contributed by atoms with Gasteiger partial charge in [-0.1, -0.05) is 29.5 Å². The van der Waals surface area contributed by atoms with Crippen molar-refractivity contribution in [3.63, 3.8) is 0 Å². The molecule has 2 heterocycles. The number of carbonyl (C=O) groups excluding carboxylic acids is 2. The van der Waals surface area contributed by atoms with E-state index in [1.807, 2.05) is 6.07 Å². The van der Waals surface area contributed by atoms with E-state index in [4.69, 9.17) is 11.6 Å². The van der Waals surface area contributed by atoms with Gasteiger partial charge in [0, 0.05) is 13.2 Å². The maximum Gasteiger partial charge on any atom is 0.436 e. The Balaban J connectivity index is 2.11. The van der Waals surface area contributed by atoms with Crippen molar-refractivity contribution in [3.05, 3.63) is 82.1 Å². The van der Waals surface area contributed by atoms with E-state index in [0.717, 1.165) is 9.36 Å². The number of aliphatic imine (C=N–C) groups is 1. The highest BCUT2D eigenvalue weighted by Gasteiger charge is 2.34. The molecule has 1 aromatic carbocycles. The number of aromatic nitrogens is 5. The molecule has 15 heteroatoms. The number of benzene rings is 1. The van der Waals surface area contributed by atoms with Crippen LogP contribution in [0.2, 0.25) is 0 Å². The minimum absolute atomic E-state index is 0.00297. The molecule has 11 nitrogen and oxygen atoms in total. The number of allylic oxidation sites excluding steroid dienone is 2. The van der Waals surface area contributed by atoms with E-state index in [2.05, 4.69) is 37.6 Å². The fourth-order valence-electron chi connectivity index (χ4n) is 3.44. The molecule has 0 unspecified atom stereocenters. The minimum atomic E-state index is -4.69. The highest BCUT2D eigenvalue weighted by molar-refractivity contribution is 6.43. The first-order valence-electron chi connectivity index (χ1n) is 11.1. The molecule has 0 radical (unpaired) electrons. The molecule has 0 saturated heterocycles. The smallest absolute Gasteiger partial charge is 0.355 e. The second-order valence-corrected chi connectivity index (χ2v) is 8.27. The summed E-state index contributed by atoms with van der Waals surface area (Å²) in [6.07, 6.45) is -1.32. The number of halogens is 4. The first kappa shape index (κ1) is 28.8. The molecule has 0 aliphatic heterocycles. The van der Waals surface area contributed by atoms with Crippen molar-refractivity contribution < 1.29 is 22.8 Å². The van der Waals surface area contributed by atoms with Gasteiger partial charge in [-0.15, -0.1) is 5.10 Å². The number of rotatable bonds is 7. The van der Waals surface area contributed by atoms with Crippen LogP contribution in [0.1, 0.15) is 50.3 Å². The van der Waals surface area contributed by atoms with Crippen LogP contribution < -0.4 is 10.6 Å². The van der Waals surface area contributed by atoms with Gasteiger partial charge in [-0.05, 0) is 37.6 Å². The quantitative estimate of drug-likeness (QED) is 0.332. The van der Waals surface area contributed by atoms with Crippen molar-refractivity contribution in [2.24, 2.45) is 4.99 Å². The van der Waals surface area contributed by atoms with E-state index >= 15 is 0 Å². The standard InChI is InChI=1S/C24H21ClF3N9O2/c1-5-17(25)21(31-6-2)37-18(9-15(34-37)11-36-12-19(33-35-36)24(26,27)28)23(39)32-20-13(3)7-14(10-29)8-16(20)22(38)30-4/h5-9,12H,2,11H2,1,3-4H3,(H,30,38)(H,32,39)/b17-5+,31-21?. The summed E-state index contributed by atoms with van der Waals surface area (Å²) in [5.41, 5.74) is -0.360. The maximum absolute atomic E-state index is 13.5. The van der Waals surface area contributed by atoms with Crippen LogP contribution in [0.5, 0.6) is 0 Å². The van der Waals surface area contributed by atoms with Crippen molar-refractivity contribution in [2.75, 3.05) is 12.4 Å². The molecule has 0 aliphatic carbocycles. The molecule has 0 bridgehead atoms. The van der Waals surface area contributed by atoms with E-state index in [0.29, 0.717) is 11.8 Å². The Morgan fingerprint density at radius 3 is 2.56 bits per heavy atom. The summed E-state index contributed by atoms with van der Waals surface area (Å²) >= 11 is 6.30. The van der Waals surface area contributed by atoms with Crippen LogP contribution in [0, 0.1) is 18.3 Å². The number of hydrogen-bond donors (Lipinski definition) is 2. The molecule has 3 aromatic rings. The van der Waals surface area contributed by atoms with E-state index in [-0.39, 0.29) is 45.6 Å². The number of anilines is 1. The van der Waals surface area contributed by atoms with Gasteiger partial charge < -0.3 is 10.6 Å². The third kappa shape index (κ3) is 6.39. The zero-order valence-corrected chi connectivity index (χ0v) is 21.6. The Labute approximate surface area is 225 Å². The average Bonchev–Trinajstić information content (AvgIpc) is 3.55. The third-order valence-corrected chi connectivity index (χ3v) is 5.59. The monoisotopic (exact) mass is 559 g/mol. The zero-order chi connectivity index (χ0) is 28.9. The lowest BCUT2D eigenvalue weighted by Crippen LogP contribution is -2.26. The Morgan fingerprint density at radius 2 is 2.00 bits per heavy atom. The molecule has 39 heavy (non-hydrogen) atoms. The van der Waals surface area contributed by atoms with E-state index < -0.39 is 23.7 Å². The summed E-state index contributed by atoms with van der Waals surface area (Å²) in [5.74, 6) is -1.29. The predicted molar refractivity (Wildman–Crippen MR) is 136 cm³/mol. The van der Waals surface area contributed by atoms with E-state index in [9.17, 15) is 28.0 Å². The van der Waals surface area contributed by atoms with E-state index in [1.165, 1.54) is 37.5 Å². The van der Waals surface area contributed by atoms with Gasteiger partial charge in [0.25, 0.3) is 11.8 Å². The van der Waals surface area contributed by atoms with Gasteiger partial charge in [0.05, 0.1) is 46.4 Å². The number of aryl methyl sites for hydroxylation is 1. The molecule has 0 aliphatic rings. The zero-order valence-electron chi connectivity index (χ0n) is 20.8. The van der Waals surface area contributed by atoms with Gasteiger partial charge in [-0.25, -0.2) is 14.4 Å². The predicted octanol–water partition coefficient (Wildman–Crippen LogP) is 3.87. The second kappa shape index (κ2) is 11.7. The van der Waals surface area contributed by atoms with Crippen LogP contribution in [0.4, 0.5) is 18.9 Å². The van der Waals surface area contributed by atoms with Gasteiger partial charge in [0.15, 0.2) is 11.5 Å². The van der Waals surface area contributed by atoms with Crippen LogP contribution in [0.25, 0.3) is 0 Å². The van der Waals surface area contributed by atoms with E-state index in [1.54, 1.807) is 13.8 Å². The van der Waals surface area contributed by atoms with Gasteiger partial charge >= 0.3 is 6.18 Å². The molecular weight excluding hydrogens is 539 g/mol. The van der Waals surface area contributed by atoms with Crippen LogP contribution in [-0.4, -0.2) is 49.5 Å². The first-order chi connectivity index (χ1) is 18.4. The topological polar surface area (TPSA) is 143 Å². The summed E-state index contributed by atoms with van der Waals surface area (Å²) < 4.78 is 40.9. The number of alkyl halides is 3. The van der Waals surface area contributed by atoms with Gasteiger partial charge in [0.2, 0.25) is 0 Å². The third-order valence-electron chi connectivity index (χ3n) is 5.20. The van der Waals surface area contributed by atoms with Gasteiger partial charge in [0.1, 0.15) is 5.69 Å². The molecule has 0 atom stereocenters. The SMILES string of the molecule is C=CN=C(/C(Cl)=C\C)n1nc(Cn2cc(C(F)(F)F)nn2)cc1C(=O)Nc1c(C)cc(C#N)cc1C(=O)NC. The Hall–Kier alpha value is -4.77. The van der Waals surface area contributed by atoms with Crippen molar-refractivity contribution in [3.8, 4) is 6.07 Å². The molecule has 3 rings (SSSR count). The number of carbonyl (C=O) groups is 2. The number of hydrogen-bond acceptors (Lipinski definition) is 7. The lowest BCUT2D eigenvalue weighted by molar-refractivity contribution is -0.141. The number of amides is 2. The maximum atomic E-state index is 13.5. The molecule has 2 amide bonds. The highest BCUT2D eigenvalue weighted by atomic mass is 35.5. The molecular formula is C24H21ClF3N9O2. The number of nitrogens with zero attached hydrogens (tertiary/aromatic N) is 7. The number of nitrogens with one attached hydrogen (secondary N) is 2. The van der Waals surface area contributed by atoms with Crippen molar-refractivity contribution >= 4 is 34.9 Å². The normalized spacial score (nSPS) is 12.2. The molecule has 0 saturated carbocycles. The fraction of sp³-hybridized carbons (Fsp3) is 0.208. The summed E-state index contributed by atoms with van der Waals surface area (Å²) in [4.78, 5) is 30.1. The Morgan fingerprint density at radius 1 is 1.28 bits per heavy atom. The lowest BCUT2D eigenvalue weighted by atomic mass is 10.0.